The van der Waals surface area contributed by atoms with E-state index in [0.29, 0.717) is 12.0 Å². The van der Waals surface area contributed by atoms with Crippen LogP contribution in [0.2, 0.25) is 0 Å². The summed E-state index contributed by atoms with van der Waals surface area (Å²) in [6.45, 7) is 10.7. The summed E-state index contributed by atoms with van der Waals surface area (Å²) < 4.78 is 5.00. The Labute approximate surface area is 116 Å². The molecule has 2 rings (SSSR count). The highest BCUT2D eigenvalue weighted by molar-refractivity contribution is 5.66. The molecule has 106 valence electrons. The molecule has 3 atom stereocenters. The van der Waals surface area contributed by atoms with Gasteiger partial charge in [0.05, 0.1) is 0 Å². The molecule has 0 spiro atoms. The van der Waals surface area contributed by atoms with Gasteiger partial charge in [-0.1, -0.05) is 25.2 Å². The summed E-state index contributed by atoms with van der Waals surface area (Å²) in [5.74, 6) is 1.44. The molecule has 0 aromatic carbocycles. The highest BCUT2D eigenvalue weighted by Gasteiger charge is 2.49. The van der Waals surface area contributed by atoms with Crippen molar-refractivity contribution in [3.05, 3.63) is 23.8 Å². The first-order valence-corrected chi connectivity index (χ1v) is 7.41. The van der Waals surface area contributed by atoms with Gasteiger partial charge < -0.3 is 4.74 Å². The third-order valence-corrected chi connectivity index (χ3v) is 5.22. The van der Waals surface area contributed by atoms with Crippen LogP contribution in [-0.4, -0.2) is 12.6 Å². The predicted octanol–water partition coefficient (Wildman–Crippen LogP) is 4.27. The second-order valence-corrected chi connectivity index (χ2v) is 6.52. The van der Waals surface area contributed by atoms with Crippen LogP contribution in [0.3, 0.4) is 0 Å². The number of fused-ring (bicyclic) bond motifs is 2. The van der Waals surface area contributed by atoms with Gasteiger partial charge >= 0.3 is 5.97 Å². The Balaban J connectivity index is 1.84. The van der Waals surface area contributed by atoms with Crippen molar-refractivity contribution in [2.24, 2.45) is 17.3 Å². The zero-order chi connectivity index (χ0) is 14.0. The van der Waals surface area contributed by atoms with Crippen molar-refractivity contribution in [1.82, 2.24) is 0 Å². The fraction of sp³-hybridized carbons (Fsp3) is 0.706. The van der Waals surface area contributed by atoms with Crippen molar-refractivity contribution in [2.45, 2.75) is 52.9 Å². The average molecular weight is 262 g/mol. The van der Waals surface area contributed by atoms with Crippen LogP contribution >= 0.6 is 0 Å². The third-order valence-electron chi connectivity index (χ3n) is 5.22. The molecule has 19 heavy (non-hydrogen) atoms. The largest absolute Gasteiger partial charge is 0.461 e. The van der Waals surface area contributed by atoms with E-state index in [4.69, 9.17) is 4.74 Å². The van der Waals surface area contributed by atoms with E-state index in [1.54, 1.807) is 0 Å². The second kappa shape index (κ2) is 5.52. The Morgan fingerprint density at radius 2 is 2.21 bits per heavy atom. The van der Waals surface area contributed by atoms with E-state index in [-0.39, 0.29) is 5.97 Å². The molecule has 0 aromatic heterocycles. The van der Waals surface area contributed by atoms with Crippen molar-refractivity contribution in [3.63, 3.8) is 0 Å². The van der Waals surface area contributed by atoms with Crippen LogP contribution < -0.4 is 0 Å². The molecule has 2 aliphatic rings. The van der Waals surface area contributed by atoms with Gasteiger partial charge in [0.2, 0.25) is 0 Å². The van der Waals surface area contributed by atoms with Crippen molar-refractivity contribution < 1.29 is 9.53 Å². The molecule has 0 aliphatic heterocycles. The highest BCUT2D eigenvalue weighted by atomic mass is 16.5. The molecule has 0 aromatic rings. The van der Waals surface area contributed by atoms with Crippen LogP contribution in [0.25, 0.3) is 0 Å². The molecule has 2 heteroatoms. The van der Waals surface area contributed by atoms with Gasteiger partial charge in [0.15, 0.2) is 0 Å². The minimum Gasteiger partial charge on any atom is -0.461 e. The second-order valence-electron chi connectivity index (χ2n) is 6.52. The SMILES string of the molecule is C=C1[C@H]2CC[C@H](C2)[C@@]1(C)CC/C=C(\C)COC(C)=O. The van der Waals surface area contributed by atoms with E-state index in [1.807, 2.05) is 6.92 Å². The van der Waals surface area contributed by atoms with E-state index >= 15 is 0 Å². The van der Waals surface area contributed by atoms with Crippen LogP contribution in [0.4, 0.5) is 0 Å². The summed E-state index contributed by atoms with van der Waals surface area (Å²) in [5, 5.41) is 0. The maximum Gasteiger partial charge on any atom is 0.302 e. The molecule has 2 saturated carbocycles. The number of esters is 1. The first-order chi connectivity index (χ1) is 8.93. The summed E-state index contributed by atoms with van der Waals surface area (Å²) in [6.07, 6.45) is 8.58. The molecule has 0 radical (unpaired) electrons. The Kier molecular flexibility index (Phi) is 4.17. The number of ether oxygens (including phenoxy) is 1. The third kappa shape index (κ3) is 2.93. The number of rotatable bonds is 5. The lowest BCUT2D eigenvalue weighted by Gasteiger charge is -2.36. The molecule has 2 bridgehead atoms. The van der Waals surface area contributed by atoms with Gasteiger partial charge in [-0.25, -0.2) is 0 Å². The molecule has 0 heterocycles. The molecular formula is C17H26O2. The smallest absolute Gasteiger partial charge is 0.302 e. The summed E-state index contributed by atoms with van der Waals surface area (Å²) in [5.41, 5.74) is 2.99. The van der Waals surface area contributed by atoms with Gasteiger partial charge in [0, 0.05) is 6.92 Å². The Hall–Kier alpha value is -1.05. The Morgan fingerprint density at radius 3 is 2.79 bits per heavy atom. The number of hydrogen-bond acceptors (Lipinski definition) is 2. The van der Waals surface area contributed by atoms with Crippen molar-refractivity contribution in [2.75, 3.05) is 6.61 Å². The van der Waals surface area contributed by atoms with Crippen molar-refractivity contribution in [1.29, 1.82) is 0 Å². The maximum absolute atomic E-state index is 10.8. The summed E-state index contributed by atoms with van der Waals surface area (Å²) in [4.78, 5) is 10.8. The molecule has 2 aliphatic carbocycles. The van der Waals surface area contributed by atoms with Gasteiger partial charge in [0.1, 0.15) is 6.61 Å². The molecule has 0 saturated heterocycles. The first-order valence-electron chi connectivity index (χ1n) is 7.41. The van der Waals surface area contributed by atoms with E-state index in [2.05, 4.69) is 19.6 Å². The number of carbonyl (C=O) groups excluding carboxylic acids is 1. The number of allylic oxidation sites excluding steroid dienone is 2. The normalized spacial score (nSPS) is 33.8. The Bertz CT molecular complexity index is 407. The van der Waals surface area contributed by atoms with Crippen LogP contribution in [0, 0.1) is 17.3 Å². The van der Waals surface area contributed by atoms with E-state index < -0.39 is 0 Å². The summed E-state index contributed by atoms with van der Waals surface area (Å²) in [7, 11) is 0. The fourth-order valence-electron chi connectivity index (χ4n) is 3.86. The predicted molar refractivity (Wildman–Crippen MR) is 77.7 cm³/mol. The minimum atomic E-state index is -0.207. The summed E-state index contributed by atoms with van der Waals surface area (Å²) >= 11 is 0. The minimum absolute atomic E-state index is 0.207. The van der Waals surface area contributed by atoms with Crippen LogP contribution in [0.1, 0.15) is 52.9 Å². The van der Waals surface area contributed by atoms with Crippen LogP contribution in [0.15, 0.2) is 23.8 Å². The van der Waals surface area contributed by atoms with Gasteiger partial charge in [0.25, 0.3) is 0 Å². The van der Waals surface area contributed by atoms with Gasteiger partial charge in [-0.3, -0.25) is 4.79 Å². The molecule has 0 unspecified atom stereocenters. The lowest BCUT2D eigenvalue weighted by atomic mass is 9.69. The van der Waals surface area contributed by atoms with Gasteiger partial charge in [-0.15, -0.1) is 0 Å². The average Bonchev–Trinajstić information content (AvgIpc) is 2.91. The van der Waals surface area contributed by atoms with Crippen LogP contribution in [-0.2, 0) is 9.53 Å². The molecular weight excluding hydrogens is 236 g/mol. The van der Waals surface area contributed by atoms with E-state index in [1.165, 1.54) is 38.2 Å². The lowest BCUT2D eigenvalue weighted by molar-refractivity contribution is -0.139. The molecule has 0 N–H and O–H groups in total. The van der Waals surface area contributed by atoms with Gasteiger partial charge in [-0.05, 0) is 61.9 Å². The standard InChI is InChI=1S/C17H26O2/c1-12(11-19-14(3)18)6-5-9-17(4)13(2)15-7-8-16(17)10-15/h6,15-16H,2,5,7-11H2,1,3-4H3/b12-6+/t15-,16+,17-/m0/s1. The Morgan fingerprint density at radius 1 is 1.47 bits per heavy atom. The molecule has 2 nitrogen and oxygen atoms in total. The van der Waals surface area contributed by atoms with Crippen LogP contribution in [0.5, 0.6) is 0 Å². The van der Waals surface area contributed by atoms with E-state index in [0.717, 1.165) is 23.8 Å². The molecule has 0 amide bonds. The van der Waals surface area contributed by atoms with Crippen molar-refractivity contribution >= 4 is 5.97 Å². The topological polar surface area (TPSA) is 26.3 Å². The first kappa shape index (κ1) is 14.4. The molecule has 2 fully saturated rings. The fourth-order valence-corrected chi connectivity index (χ4v) is 3.86. The zero-order valence-corrected chi connectivity index (χ0v) is 12.5. The monoisotopic (exact) mass is 262 g/mol. The highest BCUT2D eigenvalue weighted by Crippen LogP contribution is 2.60. The quantitative estimate of drug-likeness (QED) is 0.546. The zero-order valence-electron chi connectivity index (χ0n) is 12.5. The van der Waals surface area contributed by atoms with Crippen molar-refractivity contribution in [3.8, 4) is 0 Å². The lowest BCUT2D eigenvalue weighted by Crippen LogP contribution is -2.26. The number of hydrogen-bond donors (Lipinski definition) is 0. The van der Waals surface area contributed by atoms with Gasteiger partial charge in [-0.2, -0.15) is 0 Å². The summed E-state index contributed by atoms with van der Waals surface area (Å²) in [6, 6.07) is 0. The van der Waals surface area contributed by atoms with E-state index in [9.17, 15) is 4.79 Å². The maximum atomic E-state index is 10.8. The number of carbonyl (C=O) groups is 1.